The van der Waals surface area contributed by atoms with Crippen molar-refractivity contribution in [2.24, 2.45) is 0 Å². The number of halogens is 2. The molecular weight excluding hydrogens is 267 g/mol. The van der Waals surface area contributed by atoms with Gasteiger partial charge in [0, 0.05) is 32.1 Å². The highest BCUT2D eigenvalue weighted by atomic mass is 35.5. The molecule has 0 atom stereocenters. The number of benzene rings is 1. The number of rotatable bonds is 7. The minimum atomic E-state index is -0.240. The monoisotopic (exact) mass is 284 g/mol. The first-order valence-corrected chi connectivity index (χ1v) is 7.08. The molecule has 2 rings (SSSR count). The molecule has 0 amide bonds. The molecule has 0 aliphatic rings. The molecule has 0 bridgehead atoms. The Kier molecular flexibility index (Phi) is 5.16. The fraction of sp³-hybridized carbons (Fsp3) is 0.500. The van der Waals surface area contributed by atoms with Gasteiger partial charge in [0.25, 0.3) is 0 Å². The summed E-state index contributed by atoms with van der Waals surface area (Å²) >= 11 is 5.80. The van der Waals surface area contributed by atoms with E-state index in [2.05, 4.69) is 4.98 Å². The van der Waals surface area contributed by atoms with Crippen LogP contribution in [0.5, 0.6) is 0 Å². The quantitative estimate of drug-likeness (QED) is 0.576. The van der Waals surface area contributed by atoms with Gasteiger partial charge in [-0.05, 0) is 31.5 Å². The molecule has 0 radical (unpaired) electrons. The zero-order valence-electron chi connectivity index (χ0n) is 11.0. The van der Waals surface area contributed by atoms with E-state index in [0.717, 1.165) is 29.8 Å². The van der Waals surface area contributed by atoms with E-state index in [0.29, 0.717) is 25.5 Å². The number of aryl methyl sites for hydroxylation is 2. The molecule has 19 heavy (non-hydrogen) atoms. The smallest absolute Gasteiger partial charge is 0.125 e. The maximum atomic E-state index is 13.4. The van der Waals surface area contributed by atoms with Gasteiger partial charge in [0.05, 0.1) is 11.0 Å². The zero-order chi connectivity index (χ0) is 13.7. The summed E-state index contributed by atoms with van der Waals surface area (Å²) in [6.07, 6.45) is 1.57. The molecule has 0 fully saturated rings. The van der Waals surface area contributed by atoms with Gasteiger partial charge < -0.3 is 9.30 Å². The molecule has 0 saturated carbocycles. The van der Waals surface area contributed by atoms with Crippen molar-refractivity contribution in [2.75, 3.05) is 19.1 Å². The normalized spacial score (nSPS) is 11.3. The molecule has 2 aromatic rings. The third kappa shape index (κ3) is 3.45. The molecule has 3 nitrogen and oxygen atoms in total. The van der Waals surface area contributed by atoms with Crippen molar-refractivity contribution in [1.82, 2.24) is 9.55 Å². The van der Waals surface area contributed by atoms with Gasteiger partial charge in [-0.1, -0.05) is 0 Å². The summed E-state index contributed by atoms with van der Waals surface area (Å²) in [6, 6.07) is 4.67. The number of aromatic nitrogens is 2. The Labute approximate surface area is 117 Å². The van der Waals surface area contributed by atoms with E-state index in [1.54, 1.807) is 6.07 Å². The predicted octanol–water partition coefficient (Wildman–Crippen LogP) is 3.38. The maximum Gasteiger partial charge on any atom is 0.125 e. The summed E-state index contributed by atoms with van der Waals surface area (Å²) < 4.78 is 20.7. The molecule has 0 spiro atoms. The lowest BCUT2D eigenvalue weighted by molar-refractivity contribution is 0.141. The number of nitrogens with zero attached hydrogens (tertiary/aromatic N) is 2. The molecular formula is C14H18ClFN2O. The Morgan fingerprint density at radius 2 is 2.26 bits per heavy atom. The Balaban J connectivity index is 2.25. The zero-order valence-corrected chi connectivity index (χ0v) is 11.8. The third-order valence-electron chi connectivity index (χ3n) is 2.98. The van der Waals surface area contributed by atoms with Crippen LogP contribution < -0.4 is 0 Å². The van der Waals surface area contributed by atoms with Gasteiger partial charge in [-0.3, -0.25) is 0 Å². The number of fused-ring (bicyclic) bond motifs is 1. The second-order valence-corrected chi connectivity index (χ2v) is 4.68. The maximum absolute atomic E-state index is 13.4. The van der Waals surface area contributed by atoms with Gasteiger partial charge in [0.2, 0.25) is 0 Å². The number of hydrogen-bond acceptors (Lipinski definition) is 2. The minimum Gasteiger partial charge on any atom is -0.382 e. The fourth-order valence-electron chi connectivity index (χ4n) is 2.14. The van der Waals surface area contributed by atoms with E-state index < -0.39 is 0 Å². The van der Waals surface area contributed by atoms with Crippen molar-refractivity contribution in [3.8, 4) is 0 Å². The minimum absolute atomic E-state index is 0.240. The standard InChI is InChI=1S/C14H18ClFN2O/c1-2-19-9-3-8-18-13-10-11(16)4-5-12(13)17-14(18)6-7-15/h4-5,10H,2-3,6-9H2,1H3. The fourth-order valence-corrected chi connectivity index (χ4v) is 2.31. The summed E-state index contributed by atoms with van der Waals surface area (Å²) in [6.45, 7) is 4.16. The van der Waals surface area contributed by atoms with Crippen LogP contribution in [-0.2, 0) is 17.7 Å². The van der Waals surface area contributed by atoms with Gasteiger partial charge in [-0.15, -0.1) is 11.6 Å². The lowest BCUT2D eigenvalue weighted by Crippen LogP contribution is -2.07. The van der Waals surface area contributed by atoms with Crippen LogP contribution in [0.4, 0.5) is 4.39 Å². The van der Waals surface area contributed by atoms with Gasteiger partial charge in [-0.25, -0.2) is 9.37 Å². The van der Waals surface area contributed by atoms with Crippen LogP contribution in [0.2, 0.25) is 0 Å². The molecule has 1 aromatic carbocycles. The van der Waals surface area contributed by atoms with Gasteiger partial charge in [-0.2, -0.15) is 0 Å². The van der Waals surface area contributed by atoms with Crippen LogP contribution in [0.3, 0.4) is 0 Å². The summed E-state index contributed by atoms with van der Waals surface area (Å²) in [7, 11) is 0. The van der Waals surface area contributed by atoms with Crippen LogP contribution >= 0.6 is 11.6 Å². The van der Waals surface area contributed by atoms with Crippen molar-refractivity contribution in [1.29, 1.82) is 0 Å². The first kappa shape index (κ1) is 14.3. The Morgan fingerprint density at radius 1 is 1.42 bits per heavy atom. The van der Waals surface area contributed by atoms with E-state index in [1.807, 2.05) is 11.5 Å². The molecule has 1 heterocycles. The van der Waals surface area contributed by atoms with Crippen molar-refractivity contribution in [3.05, 3.63) is 29.8 Å². The molecule has 104 valence electrons. The molecule has 0 saturated heterocycles. The highest BCUT2D eigenvalue weighted by Gasteiger charge is 2.10. The van der Waals surface area contributed by atoms with Crippen LogP contribution in [0.25, 0.3) is 11.0 Å². The van der Waals surface area contributed by atoms with E-state index in [-0.39, 0.29) is 5.82 Å². The number of hydrogen-bond donors (Lipinski definition) is 0. The van der Waals surface area contributed by atoms with Gasteiger partial charge >= 0.3 is 0 Å². The van der Waals surface area contributed by atoms with Crippen LogP contribution in [0, 0.1) is 5.82 Å². The van der Waals surface area contributed by atoms with E-state index in [4.69, 9.17) is 16.3 Å². The van der Waals surface area contributed by atoms with Crippen LogP contribution in [0.1, 0.15) is 19.2 Å². The third-order valence-corrected chi connectivity index (χ3v) is 3.17. The van der Waals surface area contributed by atoms with Crippen molar-refractivity contribution >= 4 is 22.6 Å². The molecule has 1 aromatic heterocycles. The van der Waals surface area contributed by atoms with Gasteiger partial charge in [0.1, 0.15) is 11.6 Å². The molecule has 0 aliphatic carbocycles. The molecule has 0 unspecified atom stereocenters. The average Bonchev–Trinajstić information content (AvgIpc) is 2.73. The summed E-state index contributed by atoms with van der Waals surface area (Å²) in [4.78, 5) is 4.51. The highest BCUT2D eigenvalue weighted by molar-refractivity contribution is 6.17. The predicted molar refractivity (Wildman–Crippen MR) is 75.2 cm³/mol. The van der Waals surface area contributed by atoms with Crippen LogP contribution in [0.15, 0.2) is 18.2 Å². The molecule has 0 aliphatic heterocycles. The number of alkyl halides is 1. The topological polar surface area (TPSA) is 27.1 Å². The second kappa shape index (κ2) is 6.87. The highest BCUT2D eigenvalue weighted by Crippen LogP contribution is 2.19. The lowest BCUT2D eigenvalue weighted by Gasteiger charge is -2.08. The van der Waals surface area contributed by atoms with Crippen molar-refractivity contribution < 1.29 is 9.13 Å². The Morgan fingerprint density at radius 3 is 3.00 bits per heavy atom. The van der Waals surface area contributed by atoms with Crippen molar-refractivity contribution in [2.45, 2.75) is 26.3 Å². The largest absolute Gasteiger partial charge is 0.382 e. The van der Waals surface area contributed by atoms with E-state index in [9.17, 15) is 4.39 Å². The summed E-state index contributed by atoms with van der Waals surface area (Å²) in [5.74, 6) is 1.18. The Bertz CT molecular complexity index is 541. The molecule has 5 heteroatoms. The average molecular weight is 285 g/mol. The van der Waals surface area contributed by atoms with E-state index >= 15 is 0 Å². The lowest BCUT2D eigenvalue weighted by atomic mass is 10.3. The first-order chi connectivity index (χ1) is 9.26. The summed E-state index contributed by atoms with van der Waals surface area (Å²) in [5.41, 5.74) is 1.65. The SMILES string of the molecule is CCOCCCn1c(CCCl)nc2ccc(F)cc21. The first-order valence-electron chi connectivity index (χ1n) is 6.54. The molecule has 0 N–H and O–H groups in total. The second-order valence-electron chi connectivity index (χ2n) is 4.30. The Hall–Kier alpha value is -1.13. The van der Waals surface area contributed by atoms with Gasteiger partial charge in [0.15, 0.2) is 0 Å². The van der Waals surface area contributed by atoms with Crippen molar-refractivity contribution in [3.63, 3.8) is 0 Å². The van der Waals surface area contributed by atoms with Crippen LogP contribution in [-0.4, -0.2) is 28.6 Å². The number of ether oxygens (including phenoxy) is 1. The van der Waals surface area contributed by atoms with E-state index in [1.165, 1.54) is 12.1 Å². The number of imidazole rings is 1. The summed E-state index contributed by atoms with van der Waals surface area (Å²) in [5, 5.41) is 0.